The van der Waals surface area contributed by atoms with Crippen LogP contribution in [0, 0.1) is 5.92 Å². The first kappa shape index (κ1) is 12.7. The highest BCUT2D eigenvalue weighted by Crippen LogP contribution is 2.49. The second-order valence-electron chi connectivity index (χ2n) is 4.91. The fourth-order valence-corrected chi connectivity index (χ4v) is 3.14. The van der Waals surface area contributed by atoms with Gasteiger partial charge in [-0.15, -0.1) is 0 Å². The summed E-state index contributed by atoms with van der Waals surface area (Å²) < 4.78 is 4.97. The first-order valence-corrected chi connectivity index (χ1v) is 6.61. The molecule has 1 aliphatic heterocycles. The number of fused-ring (bicyclic) bond motifs is 3. The van der Waals surface area contributed by atoms with Crippen LogP contribution in [0.3, 0.4) is 0 Å². The van der Waals surface area contributed by atoms with Crippen molar-refractivity contribution in [3.8, 4) is 0 Å². The average Bonchev–Trinajstić information content (AvgIpc) is 2.92. The molecule has 3 rings (SSSR count). The summed E-state index contributed by atoms with van der Waals surface area (Å²) in [5, 5.41) is 9.33. The summed E-state index contributed by atoms with van der Waals surface area (Å²) in [5.41, 5.74) is 2.33. The van der Waals surface area contributed by atoms with Crippen molar-refractivity contribution in [2.45, 2.75) is 19.4 Å². The highest BCUT2D eigenvalue weighted by atomic mass is 16.6. The zero-order chi connectivity index (χ0) is 14.3. The molecule has 2 amide bonds. The summed E-state index contributed by atoms with van der Waals surface area (Å²) in [6.07, 6.45) is 0.820. The average molecular weight is 273 g/mol. The Morgan fingerprint density at radius 3 is 2.95 bits per heavy atom. The molecule has 1 aromatic rings. The molecule has 0 spiro atoms. The van der Waals surface area contributed by atoms with Crippen molar-refractivity contribution in [3.63, 3.8) is 0 Å². The maximum atomic E-state index is 12.3. The van der Waals surface area contributed by atoms with Crippen LogP contribution in [0.5, 0.6) is 0 Å². The van der Waals surface area contributed by atoms with E-state index in [1.54, 1.807) is 6.92 Å². The first-order valence-electron chi connectivity index (χ1n) is 6.61. The van der Waals surface area contributed by atoms with Gasteiger partial charge in [-0.3, -0.25) is 4.79 Å². The number of carbonyl (C=O) groups excluding carboxylic acids is 2. The third-order valence-corrected chi connectivity index (χ3v) is 3.94. The molecule has 104 valence electrons. The van der Waals surface area contributed by atoms with Crippen molar-refractivity contribution >= 4 is 12.0 Å². The molecule has 0 saturated carbocycles. The van der Waals surface area contributed by atoms with Gasteiger partial charge in [0.1, 0.15) is 0 Å². The van der Waals surface area contributed by atoms with Crippen LogP contribution in [0.25, 0.3) is 0 Å². The SMILES string of the molecule is CCOC(=O)N1C(=O)/C(=C/O)C2Cc3ccccc3C21. The summed E-state index contributed by atoms with van der Waals surface area (Å²) in [5.74, 6) is -0.648. The minimum Gasteiger partial charge on any atom is -0.515 e. The van der Waals surface area contributed by atoms with E-state index in [1.165, 1.54) is 0 Å². The molecule has 1 aromatic carbocycles. The van der Waals surface area contributed by atoms with Crippen LogP contribution >= 0.6 is 0 Å². The third kappa shape index (κ3) is 1.62. The highest BCUT2D eigenvalue weighted by molar-refractivity contribution is 6.06. The quantitative estimate of drug-likeness (QED) is 0.630. The van der Waals surface area contributed by atoms with Crippen LogP contribution in [0.1, 0.15) is 24.1 Å². The van der Waals surface area contributed by atoms with E-state index in [9.17, 15) is 14.7 Å². The molecule has 1 aliphatic carbocycles. The van der Waals surface area contributed by atoms with E-state index in [2.05, 4.69) is 0 Å². The first-order chi connectivity index (χ1) is 9.69. The molecule has 1 fully saturated rings. The Hall–Kier alpha value is -2.30. The van der Waals surface area contributed by atoms with E-state index >= 15 is 0 Å². The van der Waals surface area contributed by atoms with E-state index in [1.807, 2.05) is 24.3 Å². The number of hydrogen-bond acceptors (Lipinski definition) is 4. The lowest BCUT2D eigenvalue weighted by Crippen LogP contribution is -2.35. The number of aliphatic hydroxyl groups excluding tert-OH is 1. The summed E-state index contributed by atoms with van der Waals surface area (Å²) in [6.45, 7) is 1.90. The fraction of sp³-hybridized carbons (Fsp3) is 0.333. The summed E-state index contributed by atoms with van der Waals surface area (Å²) in [7, 11) is 0. The van der Waals surface area contributed by atoms with Gasteiger partial charge in [0, 0.05) is 5.92 Å². The molecule has 1 saturated heterocycles. The van der Waals surface area contributed by atoms with Crippen LogP contribution in [0.2, 0.25) is 0 Å². The Bertz CT molecular complexity index is 608. The lowest BCUT2D eigenvalue weighted by Gasteiger charge is -2.21. The largest absolute Gasteiger partial charge is 0.515 e. The number of imide groups is 1. The van der Waals surface area contributed by atoms with Gasteiger partial charge in [-0.2, -0.15) is 0 Å². The number of rotatable bonds is 1. The second kappa shape index (κ2) is 4.67. The predicted octanol–water partition coefficient (Wildman–Crippen LogP) is 2.34. The lowest BCUT2D eigenvalue weighted by atomic mass is 9.97. The van der Waals surface area contributed by atoms with E-state index in [-0.39, 0.29) is 24.1 Å². The Kier molecular flexibility index (Phi) is 2.97. The summed E-state index contributed by atoms with van der Waals surface area (Å²) >= 11 is 0. The fourth-order valence-electron chi connectivity index (χ4n) is 3.14. The number of carbonyl (C=O) groups is 2. The van der Waals surface area contributed by atoms with E-state index < -0.39 is 12.0 Å². The number of benzene rings is 1. The van der Waals surface area contributed by atoms with Gasteiger partial charge in [-0.25, -0.2) is 9.69 Å². The molecule has 0 radical (unpaired) electrons. The number of likely N-dealkylation sites (tertiary alicyclic amines) is 1. The Balaban J connectivity index is 2.07. The monoisotopic (exact) mass is 273 g/mol. The lowest BCUT2D eigenvalue weighted by molar-refractivity contribution is -0.124. The summed E-state index contributed by atoms with van der Waals surface area (Å²) in [4.78, 5) is 25.4. The maximum Gasteiger partial charge on any atom is 0.417 e. The molecule has 2 unspecified atom stereocenters. The van der Waals surface area contributed by atoms with E-state index in [0.717, 1.165) is 22.3 Å². The maximum absolute atomic E-state index is 12.3. The van der Waals surface area contributed by atoms with E-state index in [4.69, 9.17) is 4.74 Å². The van der Waals surface area contributed by atoms with Crippen LogP contribution in [0.15, 0.2) is 36.1 Å². The van der Waals surface area contributed by atoms with Crippen molar-refractivity contribution < 1.29 is 19.4 Å². The standard InChI is InChI=1S/C15H15NO4/c1-2-20-15(19)16-13-10-6-4-3-5-9(10)7-11(13)12(8-17)14(16)18/h3-6,8,11,13,17H,2,7H2,1H3/b12-8+. The topological polar surface area (TPSA) is 66.8 Å². The number of ether oxygens (including phenoxy) is 1. The third-order valence-electron chi connectivity index (χ3n) is 3.94. The molecule has 1 N–H and O–H groups in total. The van der Waals surface area contributed by atoms with Crippen LogP contribution in [-0.2, 0) is 16.0 Å². The molecule has 20 heavy (non-hydrogen) atoms. The van der Waals surface area contributed by atoms with Gasteiger partial charge in [0.05, 0.1) is 24.5 Å². The predicted molar refractivity (Wildman–Crippen MR) is 71.0 cm³/mol. The van der Waals surface area contributed by atoms with Crippen molar-refractivity contribution in [2.24, 2.45) is 5.92 Å². The van der Waals surface area contributed by atoms with Gasteiger partial charge in [0.25, 0.3) is 5.91 Å². The van der Waals surface area contributed by atoms with Crippen molar-refractivity contribution in [1.29, 1.82) is 0 Å². The molecular formula is C15H15NO4. The molecule has 0 bridgehead atoms. The Labute approximate surface area is 116 Å². The normalized spacial score (nSPS) is 25.8. The van der Waals surface area contributed by atoms with Crippen molar-refractivity contribution in [3.05, 3.63) is 47.2 Å². The number of nitrogens with zero attached hydrogens (tertiary/aromatic N) is 1. The zero-order valence-corrected chi connectivity index (χ0v) is 11.1. The van der Waals surface area contributed by atoms with Gasteiger partial charge in [-0.05, 0) is 24.5 Å². The van der Waals surface area contributed by atoms with Crippen LogP contribution < -0.4 is 0 Å². The van der Waals surface area contributed by atoms with Gasteiger partial charge < -0.3 is 9.84 Å². The Morgan fingerprint density at radius 1 is 1.50 bits per heavy atom. The van der Waals surface area contributed by atoms with Gasteiger partial charge in [0.2, 0.25) is 0 Å². The molecule has 2 atom stereocenters. The molecule has 5 heteroatoms. The van der Waals surface area contributed by atoms with Crippen LogP contribution in [-0.4, -0.2) is 28.6 Å². The number of hydrogen-bond donors (Lipinski definition) is 1. The molecule has 0 aromatic heterocycles. The smallest absolute Gasteiger partial charge is 0.417 e. The second-order valence-corrected chi connectivity index (χ2v) is 4.91. The molecule has 2 aliphatic rings. The van der Waals surface area contributed by atoms with Crippen LogP contribution in [0.4, 0.5) is 4.79 Å². The highest BCUT2D eigenvalue weighted by Gasteiger charge is 2.52. The summed E-state index contributed by atoms with van der Waals surface area (Å²) in [6, 6.07) is 7.35. The number of amides is 2. The molecule has 5 nitrogen and oxygen atoms in total. The zero-order valence-electron chi connectivity index (χ0n) is 11.1. The molecule has 1 heterocycles. The Morgan fingerprint density at radius 2 is 2.25 bits per heavy atom. The minimum absolute atomic E-state index is 0.186. The minimum atomic E-state index is -0.652. The van der Waals surface area contributed by atoms with Crippen molar-refractivity contribution in [2.75, 3.05) is 6.61 Å². The van der Waals surface area contributed by atoms with Gasteiger partial charge >= 0.3 is 6.09 Å². The van der Waals surface area contributed by atoms with Gasteiger partial charge in [-0.1, -0.05) is 24.3 Å². The van der Waals surface area contributed by atoms with E-state index in [0.29, 0.717) is 6.42 Å². The van der Waals surface area contributed by atoms with Crippen molar-refractivity contribution in [1.82, 2.24) is 4.90 Å². The van der Waals surface area contributed by atoms with Gasteiger partial charge in [0.15, 0.2) is 0 Å². The number of aliphatic hydroxyl groups is 1. The molecular weight excluding hydrogens is 258 g/mol.